The minimum Gasteiger partial charge on any atom is -0.507 e. The van der Waals surface area contributed by atoms with Crippen LogP contribution in [0.2, 0.25) is 0 Å². The Morgan fingerprint density at radius 1 is 1.03 bits per heavy atom. The number of ketones is 1. The Morgan fingerprint density at radius 2 is 1.74 bits per heavy atom. The van der Waals surface area contributed by atoms with Gasteiger partial charge >= 0.3 is 0 Å². The van der Waals surface area contributed by atoms with Crippen molar-refractivity contribution >= 4 is 28.8 Å². The summed E-state index contributed by atoms with van der Waals surface area (Å²) < 4.78 is 10.7. The van der Waals surface area contributed by atoms with E-state index in [9.17, 15) is 14.7 Å². The molecule has 35 heavy (non-hydrogen) atoms. The number of likely N-dealkylation sites (tertiary alicyclic amines) is 1. The average molecular weight is 492 g/mol. The summed E-state index contributed by atoms with van der Waals surface area (Å²) in [4.78, 5) is 28.8. The van der Waals surface area contributed by atoms with Gasteiger partial charge in [0.15, 0.2) is 0 Å². The molecule has 1 atom stereocenters. The van der Waals surface area contributed by atoms with Crippen molar-refractivity contribution in [3.8, 4) is 11.5 Å². The fraction of sp³-hybridized carbons (Fsp3) is 0.286. The van der Waals surface area contributed by atoms with Gasteiger partial charge in [0.05, 0.1) is 25.8 Å². The number of aliphatic hydroxyl groups excluding tert-OH is 1. The number of aliphatic hydroxyl groups is 1. The Balaban J connectivity index is 1.82. The van der Waals surface area contributed by atoms with Crippen LogP contribution in [-0.2, 0) is 21.5 Å². The second-order valence-electron chi connectivity index (χ2n) is 9.46. The molecule has 7 heteroatoms. The first-order chi connectivity index (χ1) is 16.7. The molecule has 1 N–H and O–H groups in total. The molecule has 182 valence electrons. The molecule has 2 aromatic carbocycles. The molecule has 0 aliphatic carbocycles. The van der Waals surface area contributed by atoms with Crippen molar-refractivity contribution in [1.82, 2.24) is 4.90 Å². The number of hydrogen-bond acceptors (Lipinski definition) is 6. The zero-order valence-corrected chi connectivity index (χ0v) is 21.3. The number of carbonyl (C=O) groups excluding carboxylic acids is 2. The smallest absolute Gasteiger partial charge is 0.295 e. The molecule has 1 unspecified atom stereocenters. The van der Waals surface area contributed by atoms with E-state index in [0.29, 0.717) is 17.1 Å². The third kappa shape index (κ3) is 4.68. The van der Waals surface area contributed by atoms with Crippen molar-refractivity contribution in [1.29, 1.82) is 0 Å². The first kappa shape index (κ1) is 24.5. The van der Waals surface area contributed by atoms with Gasteiger partial charge in [-0.05, 0) is 52.8 Å². The molecule has 1 fully saturated rings. The van der Waals surface area contributed by atoms with Crippen LogP contribution in [0.3, 0.4) is 0 Å². The predicted molar refractivity (Wildman–Crippen MR) is 137 cm³/mol. The molecular weight excluding hydrogens is 462 g/mol. The highest BCUT2D eigenvalue weighted by atomic mass is 32.1. The molecule has 0 spiro atoms. The minimum atomic E-state index is -0.692. The van der Waals surface area contributed by atoms with Crippen LogP contribution < -0.4 is 9.47 Å². The molecule has 1 aliphatic rings. The van der Waals surface area contributed by atoms with E-state index in [1.807, 2.05) is 68.6 Å². The molecule has 1 aromatic heterocycles. The number of benzene rings is 2. The van der Waals surface area contributed by atoms with E-state index < -0.39 is 17.7 Å². The second-order valence-corrected chi connectivity index (χ2v) is 10.4. The Kier molecular flexibility index (Phi) is 6.72. The third-order valence-electron chi connectivity index (χ3n) is 6.15. The lowest BCUT2D eigenvalue weighted by Gasteiger charge is -2.25. The normalized spacial score (nSPS) is 17.6. The largest absolute Gasteiger partial charge is 0.507 e. The number of methoxy groups -OCH3 is 2. The summed E-state index contributed by atoms with van der Waals surface area (Å²) >= 11 is 1.44. The highest BCUT2D eigenvalue weighted by molar-refractivity contribution is 7.10. The van der Waals surface area contributed by atoms with Gasteiger partial charge in [-0.15, -0.1) is 11.3 Å². The van der Waals surface area contributed by atoms with Crippen molar-refractivity contribution < 1.29 is 24.2 Å². The summed E-state index contributed by atoms with van der Waals surface area (Å²) in [5, 5.41) is 13.3. The summed E-state index contributed by atoms with van der Waals surface area (Å²) in [6.45, 7) is 6.38. The van der Waals surface area contributed by atoms with Crippen molar-refractivity contribution in [2.24, 2.45) is 0 Å². The minimum absolute atomic E-state index is 0.0935. The molecular formula is C28H29NO5S. The highest BCUT2D eigenvalue weighted by Gasteiger charge is 2.46. The zero-order chi connectivity index (χ0) is 25.3. The van der Waals surface area contributed by atoms with Crippen LogP contribution in [-0.4, -0.2) is 35.9 Å². The van der Waals surface area contributed by atoms with E-state index in [1.165, 1.54) is 16.2 Å². The quantitative estimate of drug-likeness (QED) is 0.273. The predicted octanol–water partition coefficient (Wildman–Crippen LogP) is 5.68. The molecule has 1 saturated heterocycles. The molecule has 6 nitrogen and oxygen atoms in total. The van der Waals surface area contributed by atoms with Gasteiger partial charge in [0.2, 0.25) is 0 Å². The van der Waals surface area contributed by atoms with Crippen molar-refractivity contribution in [2.45, 2.75) is 38.8 Å². The van der Waals surface area contributed by atoms with Crippen LogP contribution in [0.4, 0.5) is 0 Å². The molecule has 3 aromatic rings. The number of ether oxygens (including phenoxy) is 2. The van der Waals surface area contributed by atoms with Crippen LogP contribution in [0.5, 0.6) is 11.5 Å². The van der Waals surface area contributed by atoms with E-state index in [1.54, 1.807) is 26.4 Å². The monoisotopic (exact) mass is 491 g/mol. The number of carbonyl (C=O) groups is 2. The number of Topliss-reactive ketones (excluding diaryl/α,β-unsaturated/α-hetero) is 1. The average Bonchev–Trinajstić information content (AvgIpc) is 3.46. The second kappa shape index (κ2) is 9.58. The number of hydrogen-bond donors (Lipinski definition) is 1. The molecule has 2 heterocycles. The number of nitrogens with zero attached hydrogens (tertiary/aromatic N) is 1. The van der Waals surface area contributed by atoms with E-state index in [2.05, 4.69) is 0 Å². The first-order valence-corrected chi connectivity index (χ1v) is 12.2. The molecule has 0 bridgehead atoms. The van der Waals surface area contributed by atoms with Gasteiger partial charge < -0.3 is 19.5 Å². The van der Waals surface area contributed by atoms with E-state index in [4.69, 9.17) is 9.47 Å². The van der Waals surface area contributed by atoms with E-state index >= 15 is 0 Å². The van der Waals surface area contributed by atoms with Gasteiger partial charge in [-0.25, -0.2) is 0 Å². The number of thiophene rings is 1. The van der Waals surface area contributed by atoms with E-state index in [-0.39, 0.29) is 23.3 Å². The Labute approximate surface area is 209 Å². The lowest BCUT2D eigenvalue weighted by molar-refractivity contribution is -0.140. The number of rotatable bonds is 6. The summed E-state index contributed by atoms with van der Waals surface area (Å²) in [6.07, 6.45) is 0. The van der Waals surface area contributed by atoms with Crippen molar-refractivity contribution in [2.75, 3.05) is 14.2 Å². The maximum Gasteiger partial charge on any atom is 0.295 e. The van der Waals surface area contributed by atoms with Gasteiger partial charge in [-0.2, -0.15) is 0 Å². The van der Waals surface area contributed by atoms with Gasteiger partial charge in [0.1, 0.15) is 17.3 Å². The van der Waals surface area contributed by atoms with Crippen molar-refractivity contribution in [3.63, 3.8) is 0 Å². The SMILES string of the molecule is COc1ccc(CN2C(=O)C(=O)/C(=C(\O)c3ccc(OC)c(C(C)(C)C)c3)C2c2cccs2)cc1. The van der Waals surface area contributed by atoms with Gasteiger partial charge in [0, 0.05) is 22.5 Å². The molecule has 4 rings (SSSR count). The van der Waals surface area contributed by atoms with Crippen LogP contribution in [0, 0.1) is 0 Å². The first-order valence-electron chi connectivity index (χ1n) is 11.3. The van der Waals surface area contributed by atoms with Gasteiger partial charge in [-0.3, -0.25) is 9.59 Å². The summed E-state index contributed by atoms with van der Waals surface area (Å²) in [6, 6.07) is 15.8. The van der Waals surface area contributed by atoms with Crippen LogP contribution in [0.15, 0.2) is 65.6 Å². The fourth-order valence-corrected chi connectivity index (χ4v) is 5.16. The molecule has 0 radical (unpaired) electrons. The Hall–Kier alpha value is -3.58. The van der Waals surface area contributed by atoms with Crippen LogP contribution >= 0.6 is 11.3 Å². The topological polar surface area (TPSA) is 76.1 Å². The fourth-order valence-electron chi connectivity index (χ4n) is 4.31. The van der Waals surface area contributed by atoms with E-state index in [0.717, 1.165) is 16.0 Å². The molecule has 0 saturated carbocycles. The summed E-state index contributed by atoms with van der Waals surface area (Å²) in [5.74, 6) is -0.108. The Bertz CT molecular complexity index is 1270. The van der Waals surface area contributed by atoms with Gasteiger partial charge in [-0.1, -0.05) is 39.0 Å². The maximum absolute atomic E-state index is 13.3. The molecule has 1 amide bonds. The highest BCUT2D eigenvalue weighted by Crippen LogP contribution is 2.43. The van der Waals surface area contributed by atoms with Crippen molar-refractivity contribution in [3.05, 3.63) is 87.1 Å². The summed E-state index contributed by atoms with van der Waals surface area (Å²) in [7, 11) is 3.19. The van der Waals surface area contributed by atoms with Gasteiger partial charge in [0.25, 0.3) is 11.7 Å². The summed E-state index contributed by atoms with van der Waals surface area (Å²) in [5.41, 5.74) is 2.06. The Morgan fingerprint density at radius 3 is 2.31 bits per heavy atom. The van der Waals surface area contributed by atoms with Crippen LogP contribution in [0.1, 0.15) is 48.4 Å². The lowest BCUT2D eigenvalue weighted by atomic mass is 9.84. The zero-order valence-electron chi connectivity index (χ0n) is 20.5. The van der Waals surface area contributed by atoms with Crippen LogP contribution in [0.25, 0.3) is 5.76 Å². The third-order valence-corrected chi connectivity index (χ3v) is 7.07. The standard InChI is InChI=1S/C28H29NO5S/c1-28(2,3)20-15-18(10-13-21(20)34-5)25(30)23-24(22-7-6-14-35-22)29(27(32)26(23)31)16-17-8-11-19(33-4)12-9-17/h6-15,24,30H,16H2,1-5H3/b25-23-. The lowest BCUT2D eigenvalue weighted by Crippen LogP contribution is -2.28. The number of amides is 1. The molecule has 1 aliphatic heterocycles. The maximum atomic E-state index is 13.3.